The topological polar surface area (TPSA) is 49.3 Å². The van der Waals surface area contributed by atoms with Crippen molar-refractivity contribution in [2.24, 2.45) is 5.41 Å². The predicted octanol–water partition coefficient (Wildman–Crippen LogP) is 2.48. The number of rotatable bonds is 7. The average Bonchev–Trinajstić information content (AvgIpc) is 2.29. The predicted molar refractivity (Wildman–Crippen MR) is 71.5 cm³/mol. The Morgan fingerprint density at radius 3 is 2.59 bits per heavy atom. The first kappa shape index (κ1) is 14.1. The zero-order valence-electron chi connectivity index (χ0n) is 10.3. The second kappa shape index (κ2) is 6.67. The zero-order chi connectivity index (χ0) is 12.7. The summed E-state index contributed by atoms with van der Waals surface area (Å²) in [5.41, 5.74) is -0.697. The molecule has 0 fully saturated rings. The lowest BCUT2D eigenvalue weighted by Crippen LogP contribution is -2.36. The normalized spacial score (nSPS) is 11.4. The molecule has 0 aromatic heterocycles. The lowest BCUT2D eigenvalue weighted by atomic mass is 9.94. The molecule has 0 spiro atoms. The van der Waals surface area contributed by atoms with E-state index in [0.29, 0.717) is 6.54 Å². The molecule has 0 aliphatic carbocycles. The number of carboxylic acid groups (broad SMARTS) is 1. The molecule has 1 aromatic rings. The number of benzene rings is 1. The molecule has 0 heterocycles. The van der Waals surface area contributed by atoms with Crippen molar-refractivity contribution in [3.63, 3.8) is 0 Å². The van der Waals surface area contributed by atoms with E-state index >= 15 is 0 Å². The summed E-state index contributed by atoms with van der Waals surface area (Å²) in [5.74, 6) is 0.181. The van der Waals surface area contributed by atoms with E-state index in [-0.39, 0.29) is 0 Å². The van der Waals surface area contributed by atoms with E-state index in [1.54, 1.807) is 25.6 Å². The Balaban J connectivity index is 2.15. The van der Waals surface area contributed by atoms with Crippen LogP contribution in [0.5, 0.6) is 0 Å². The number of nitrogens with one attached hydrogen (secondary N) is 1. The summed E-state index contributed by atoms with van der Waals surface area (Å²) in [6, 6.07) is 10.2. The maximum absolute atomic E-state index is 10.9. The highest BCUT2D eigenvalue weighted by Crippen LogP contribution is 2.16. The number of thioether (sulfide) groups is 1. The smallest absolute Gasteiger partial charge is 0.310 e. The van der Waals surface area contributed by atoms with E-state index < -0.39 is 11.4 Å². The quantitative estimate of drug-likeness (QED) is 0.579. The van der Waals surface area contributed by atoms with Gasteiger partial charge in [0.05, 0.1) is 5.41 Å². The van der Waals surface area contributed by atoms with Gasteiger partial charge in [0.1, 0.15) is 0 Å². The van der Waals surface area contributed by atoms with Gasteiger partial charge in [-0.15, -0.1) is 11.8 Å². The lowest BCUT2D eigenvalue weighted by molar-refractivity contribution is -0.146. The fourth-order valence-corrected chi connectivity index (χ4v) is 2.07. The fourth-order valence-electron chi connectivity index (χ4n) is 1.23. The standard InChI is InChI=1S/C13H19NO2S/c1-13(2,12(15)16)10-14-8-9-17-11-6-4-3-5-7-11/h3-7,14H,8-10H2,1-2H3,(H,15,16). The van der Waals surface area contributed by atoms with Crippen molar-refractivity contribution in [3.8, 4) is 0 Å². The first-order chi connectivity index (χ1) is 8.02. The van der Waals surface area contributed by atoms with Gasteiger partial charge in [0, 0.05) is 23.7 Å². The Morgan fingerprint density at radius 1 is 1.35 bits per heavy atom. The molecule has 0 bridgehead atoms. The summed E-state index contributed by atoms with van der Waals surface area (Å²) in [4.78, 5) is 12.1. The van der Waals surface area contributed by atoms with Crippen molar-refractivity contribution in [1.29, 1.82) is 0 Å². The van der Waals surface area contributed by atoms with E-state index in [1.165, 1.54) is 4.90 Å². The summed E-state index contributed by atoms with van der Waals surface area (Å²) in [6.45, 7) is 4.77. The first-order valence-electron chi connectivity index (χ1n) is 5.64. The average molecular weight is 253 g/mol. The Bertz CT molecular complexity index is 352. The SMILES string of the molecule is CC(C)(CNCCSc1ccccc1)C(=O)O. The lowest BCUT2D eigenvalue weighted by Gasteiger charge is -2.19. The number of aliphatic carboxylic acids is 1. The van der Waals surface area contributed by atoms with Crippen LogP contribution in [0.25, 0.3) is 0 Å². The molecule has 0 saturated carbocycles. The van der Waals surface area contributed by atoms with E-state index in [2.05, 4.69) is 17.4 Å². The Hall–Kier alpha value is -1.00. The van der Waals surface area contributed by atoms with E-state index in [9.17, 15) is 4.79 Å². The number of carboxylic acids is 1. The van der Waals surface area contributed by atoms with Gasteiger partial charge in [-0.05, 0) is 26.0 Å². The number of hydrogen-bond acceptors (Lipinski definition) is 3. The van der Waals surface area contributed by atoms with Gasteiger partial charge in [0.15, 0.2) is 0 Å². The molecule has 3 nitrogen and oxygen atoms in total. The van der Waals surface area contributed by atoms with Gasteiger partial charge >= 0.3 is 5.97 Å². The van der Waals surface area contributed by atoms with Crippen molar-refractivity contribution >= 4 is 17.7 Å². The summed E-state index contributed by atoms with van der Waals surface area (Å²) in [6.07, 6.45) is 0. The molecule has 2 N–H and O–H groups in total. The van der Waals surface area contributed by atoms with Gasteiger partial charge in [0.2, 0.25) is 0 Å². The third-order valence-corrected chi connectivity index (χ3v) is 3.45. The highest BCUT2D eigenvalue weighted by molar-refractivity contribution is 7.99. The van der Waals surface area contributed by atoms with Gasteiger partial charge in [-0.3, -0.25) is 4.79 Å². The van der Waals surface area contributed by atoms with Gasteiger partial charge in [-0.1, -0.05) is 18.2 Å². The van der Waals surface area contributed by atoms with Gasteiger partial charge in [0.25, 0.3) is 0 Å². The molecule has 0 amide bonds. The molecule has 0 saturated heterocycles. The van der Waals surface area contributed by atoms with Gasteiger partial charge < -0.3 is 10.4 Å². The van der Waals surface area contributed by atoms with Crippen LogP contribution in [0.1, 0.15) is 13.8 Å². The molecule has 94 valence electrons. The van der Waals surface area contributed by atoms with Gasteiger partial charge in [-0.2, -0.15) is 0 Å². The van der Waals surface area contributed by atoms with Crippen LogP contribution in [0.4, 0.5) is 0 Å². The monoisotopic (exact) mass is 253 g/mol. The maximum Gasteiger partial charge on any atom is 0.310 e. The Morgan fingerprint density at radius 2 is 2.00 bits per heavy atom. The summed E-state index contributed by atoms with van der Waals surface area (Å²) >= 11 is 1.77. The van der Waals surface area contributed by atoms with Crippen molar-refractivity contribution in [1.82, 2.24) is 5.32 Å². The minimum atomic E-state index is -0.763. The third kappa shape index (κ3) is 5.24. The molecule has 0 atom stereocenters. The molecule has 0 aliphatic rings. The van der Waals surface area contributed by atoms with Gasteiger partial charge in [-0.25, -0.2) is 0 Å². The highest BCUT2D eigenvalue weighted by Gasteiger charge is 2.26. The largest absolute Gasteiger partial charge is 0.481 e. The summed E-state index contributed by atoms with van der Waals surface area (Å²) < 4.78 is 0. The fraction of sp³-hybridized carbons (Fsp3) is 0.462. The van der Waals surface area contributed by atoms with Crippen LogP contribution in [0.3, 0.4) is 0 Å². The molecule has 1 aromatic carbocycles. The Kier molecular flexibility index (Phi) is 5.51. The summed E-state index contributed by atoms with van der Waals surface area (Å²) in [7, 11) is 0. The molecule has 0 unspecified atom stereocenters. The van der Waals surface area contributed by atoms with E-state index in [0.717, 1.165) is 12.3 Å². The second-order valence-corrected chi connectivity index (χ2v) is 5.70. The minimum Gasteiger partial charge on any atom is -0.481 e. The van der Waals surface area contributed by atoms with Crippen LogP contribution in [-0.4, -0.2) is 29.9 Å². The van der Waals surface area contributed by atoms with Crippen molar-refractivity contribution < 1.29 is 9.90 Å². The maximum atomic E-state index is 10.9. The zero-order valence-corrected chi connectivity index (χ0v) is 11.1. The second-order valence-electron chi connectivity index (χ2n) is 4.53. The minimum absolute atomic E-state index is 0.498. The molecule has 17 heavy (non-hydrogen) atoms. The molecule has 0 radical (unpaired) electrons. The van der Waals surface area contributed by atoms with Crippen molar-refractivity contribution in [3.05, 3.63) is 30.3 Å². The first-order valence-corrected chi connectivity index (χ1v) is 6.63. The number of hydrogen-bond donors (Lipinski definition) is 2. The molecule has 4 heteroatoms. The third-order valence-electron chi connectivity index (χ3n) is 2.44. The Labute approximate surface area is 107 Å². The van der Waals surface area contributed by atoms with Crippen LogP contribution >= 0.6 is 11.8 Å². The van der Waals surface area contributed by atoms with Crippen LogP contribution < -0.4 is 5.32 Å². The summed E-state index contributed by atoms with van der Waals surface area (Å²) in [5, 5.41) is 12.1. The van der Waals surface area contributed by atoms with E-state index in [4.69, 9.17) is 5.11 Å². The number of carbonyl (C=O) groups is 1. The van der Waals surface area contributed by atoms with Crippen molar-refractivity contribution in [2.45, 2.75) is 18.7 Å². The van der Waals surface area contributed by atoms with Crippen molar-refractivity contribution in [2.75, 3.05) is 18.8 Å². The van der Waals surface area contributed by atoms with Crippen LogP contribution in [-0.2, 0) is 4.79 Å². The van der Waals surface area contributed by atoms with Crippen LogP contribution in [0, 0.1) is 5.41 Å². The molecule has 1 rings (SSSR count). The van der Waals surface area contributed by atoms with E-state index in [1.807, 2.05) is 18.2 Å². The molecule has 0 aliphatic heterocycles. The highest BCUT2D eigenvalue weighted by atomic mass is 32.2. The van der Waals surface area contributed by atoms with Crippen LogP contribution in [0.15, 0.2) is 35.2 Å². The molecular weight excluding hydrogens is 234 g/mol. The molecular formula is C13H19NO2S. The van der Waals surface area contributed by atoms with Crippen LogP contribution in [0.2, 0.25) is 0 Å².